The van der Waals surface area contributed by atoms with E-state index < -0.39 is 0 Å². The molecule has 126 valence electrons. The van der Waals surface area contributed by atoms with Crippen LogP contribution in [-0.2, 0) is 0 Å². The smallest absolute Gasteiger partial charge is 0.322 e. The molecular weight excluding hydrogens is 390 g/mol. The quantitative estimate of drug-likeness (QED) is 0.722. The molecule has 0 saturated heterocycles. The molecule has 4 rings (SSSR count). The minimum Gasteiger partial charge on any atom is -0.486 e. The molecule has 0 aliphatic carbocycles. The minimum atomic E-state index is -0.343. The minimum absolute atomic E-state index is 0.0191. The highest BCUT2D eigenvalue weighted by Gasteiger charge is 2.17. The van der Waals surface area contributed by atoms with E-state index in [1.165, 1.54) is 0 Å². The Morgan fingerprint density at radius 1 is 1.04 bits per heavy atom. The first-order valence-corrected chi connectivity index (χ1v) is 8.29. The average molecular weight is 402 g/mol. The van der Waals surface area contributed by atoms with Crippen molar-refractivity contribution < 1.29 is 18.7 Å². The Balaban J connectivity index is 1.54. The van der Waals surface area contributed by atoms with Crippen LogP contribution in [0.25, 0.3) is 11.5 Å². The van der Waals surface area contributed by atoms with E-state index >= 15 is 0 Å². The molecule has 0 fully saturated rings. The zero-order valence-electron chi connectivity index (χ0n) is 12.9. The number of hydrogen-bond donors (Lipinski definition) is 1. The van der Waals surface area contributed by atoms with Crippen molar-refractivity contribution in [1.29, 1.82) is 0 Å². The molecule has 7 nitrogen and oxygen atoms in total. The van der Waals surface area contributed by atoms with E-state index in [4.69, 9.17) is 13.9 Å². The first kappa shape index (κ1) is 15.6. The fraction of sp³-hybridized carbons (Fsp3) is 0.118. The summed E-state index contributed by atoms with van der Waals surface area (Å²) in [6.45, 7) is 1.02. The Bertz CT molecular complexity index is 941. The van der Waals surface area contributed by atoms with Gasteiger partial charge in [-0.05, 0) is 46.3 Å². The molecule has 0 bridgehead atoms. The van der Waals surface area contributed by atoms with Crippen molar-refractivity contribution in [2.75, 3.05) is 18.5 Å². The second kappa shape index (κ2) is 6.56. The van der Waals surface area contributed by atoms with Crippen molar-refractivity contribution in [2.24, 2.45) is 0 Å². The molecule has 3 aromatic rings. The molecule has 1 amide bonds. The number of rotatable bonds is 3. The van der Waals surface area contributed by atoms with Crippen LogP contribution in [0, 0.1) is 0 Å². The summed E-state index contributed by atoms with van der Waals surface area (Å²) in [4.78, 5) is 12.3. The van der Waals surface area contributed by atoms with Gasteiger partial charge in [0.15, 0.2) is 11.5 Å². The number of ether oxygens (including phenoxy) is 2. The van der Waals surface area contributed by atoms with Crippen LogP contribution in [0.4, 0.5) is 6.01 Å². The number of nitrogens with zero attached hydrogens (tertiary/aromatic N) is 2. The number of carbonyl (C=O) groups excluding carboxylic acids is 1. The molecule has 0 radical (unpaired) electrons. The van der Waals surface area contributed by atoms with Gasteiger partial charge in [0.05, 0.1) is 5.56 Å². The maximum atomic E-state index is 12.3. The molecule has 25 heavy (non-hydrogen) atoms. The summed E-state index contributed by atoms with van der Waals surface area (Å²) in [5.41, 5.74) is 1.15. The van der Waals surface area contributed by atoms with Crippen LogP contribution in [-0.4, -0.2) is 29.3 Å². The Kier molecular flexibility index (Phi) is 4.10. The number of aromatic nitrogens is 2. The predicted octanol–water partition coefficient (Wildman–Crippen LogP) is 3.52. The molecule has 1 aliphatic rings. The highest BCUT2D eigenvalue weighted by molar-refractivity contribution is 9.10. The van der Waals surface area contributed by atoms with Crippen molar-refractivity contribution >= 4 is 27.9 Å². The highest BCUT2D eigenvalue weighted by Crippen LogP contribution is 2.34. The van der Waals surface area contributed by atoms with Gasteiger partial charge in [0, 0.05) is 10.0 Å². The van der Waals surface area contributed by atoms with E-state index in [0.717, 1.165) is 0 Å². The van der Waals surface area contributed by atoms with Crippen molar-refractivity contribution in [3.8, 4) is 23.0 Å². The zero-order valence-corrected chi connectivity index (χ0v) is 14.4. The van der Waals surface area contributed by atoms with Crippen LogP contribution in [0.3, 0.4) is 0 Å². The van der Waals surface area contributed by atoms with Gasteiger partial charge in [-0.25, -0.2) is 0 Å². The highest BCUT2D eigenvalue weighted by atomic mass is 79.9. The zero-order chi connectivity index (χ0) is 17.2. The van der Waals surface area contributed by atoms with Crippen molar-refractivity contribution in [3.05, 3.63) is 52.5 Å². The lowest BCUT2D eigenvalue weighted by molar-refractivity contribution is 0.102. The van der Waals surface area contributed by atoms with Gasteiger partial charge >= 0.3 is 6.01 Å². The second-order valence-electron chi connectivity index (χ2n) is 5.20. The molecule has 1 aromatic heterocycles. The van der Waals surface area contributed by atoms with Gasteiger partial charge in [0.25, 0.3) is 5.91 Å². The predicted molar refractivity (Wildman–Crippen MR) is 92.8 cm³/mol. The fourth-order valence-electron chi connectivity index (χ4n) is 2.38. The molecule has 0 atom stereocenters. The molecule has 1 aliphatic heterocycles. The van der Waals surface area contributed by atoms with E-state index in [2.05, 4.69) is 31.4 Å². The molecule has 0 spiro atoms. The van der Waals surface area contributed by atoms with E-state index in [1.54, 1.807) is 36.4 Å². The van der Waals surface area contributed by atoms with Gasteiger partial charge in [-0.15, -0.1) is 5.10 Å². The topological polar surface area (TPSA) is 86.5 Å². The Morgan fingerprint density at radius 2 is 1.84 bits per heavy atom. The number of amides is 1. The summed E-state index contributed by atoms with van der Waals surface area (Å²) in [5.74, 6) is 1.24. The molecule has 2 aromatic carbocycles. The van der Waals surface area contributed by atoms with Crippen LogP contribution >= 0.6 is 15.9 Å². The van der Waals surface area contributed by atoms with Crippen LogP contribution in [0.5, 0.6) is 11.5 Å². The first-order chi connectivity index (χ1) is 12.2. The normalized spacial score (nSPS) is 12.7. The van der Waals surface area contributed by atoms with Crippen molar-refractivity contribution in [3.63, 3.8) is 0 Å². The maximum Gasteiger partial charge on any atom is 0.322 e. The number of nitrogens with one attached hydrogen (secondary N) is 1. The maximum absolute atomic E-state index is 12.3. The van der Waals surface area contributed by atoms with Crippen LogP contribution < -0.4 is 14.8 Å². The lowest BCUT2D eigenvalue weighted by Crippen LogP contribution is -2.15. The summed E-state index contributed by atoms with van der Waals surface area (Å²) in [6, 6.07) is 12.4. The van der Waals surface area contributed by atoms with Gasteiger partial charge < -0.3 is 13.9 Å². The third-order valence-electron chi connectivity index (χ3n) is 3.55. The summed E-state index contributed by atoms with van der Waals surface area (Å²) in [5, 5.41) is 10.4. The number of benzene rings is 2. The lowest BCUT2D eigenvalue weighted by atomic mass is 10.2. The Hall–Kier alpha value is -2.87. The van der Waals surface area contributed by atoms with E-state index in [0.29, 0.717) is 40.3 Å². The largest absolute Gasteiger partial charge is 0.486 e. The van der Waals surface area contributed by atoms with Gasteiger partial charge in [-0.2, -0.15) is 0 Å². The van der Waals surface area contributed by atoms with Crippen molar-refractivity contribution in [2.45, 2.75) is 0 Å². The van der Waals surface area contributed by atoms with Crippen LogP contribution in [0.2, 0.25) is 0 Å². The molecular formula is C17H12BrN3O4. The van der Waals surface area contributed by atoms with Gasteiger partial charge in [0.1, 0.15) is 13.2 Å². The summed E-state index contributed by atoms with van der Waals surface area (Å²) < 4.78 is 17.2. The number of anilines is 1. The molecule has 8 heteroatoms. The van der Waals surface area contributed by atoms with Crippen LogP contribution in [0.15, 0.2) is 51.4 Å². The second-order valence-corrected chi connectivity index (χ2v) is 6.06. The van der Waals surface area contributed by atoms with Crippen LogP contribution in [0.1, 0.15) is 10.4 Å². The number of hydrogen-bond acceptors (Lipinski definition) is 6. The lowest BCUT2D eigenvalue weighted by Gasteiger charge is -2.18. The van der Waals surface area contributed by atoms with Gasteiger partial charge in [-0.3, -0.25) is 10.1 Å². The Morgan fingerprint density at radius 3 is 2.68 bits per heavy atom. The fourth-order valence-corrected chi connectivity index (χ4v) is 2.84. The molecule has 2 heterocycles. The third kappa shape index (κ3) is 3.20. The van der Waals surface area contributed by atoms with E-state index in [9.17, 15) is 4.79 Å². The number of halogens is 1. The SMILES string of the molecule is O=C(Nc1nnc(-c2ccc3c(c2)OCCO3)o1)c1ccccc1Br. The summed E-state index contributed by atoms with van der Waals surface area (Å²) in [7, 11) is 0. The average Bonchev–Trinajstić information content (AvgIpc) is 3.10. The molecule has 0 saturated carbocycles. The monoisotopic (exact) mass is 401 g/mol. The number of fused-ring (bicyclic) bond motifs is 1. The van der Waals surface area contributed by atoms with Gasteiger partial charge in [-0.1, -0.05) is 17.2 Å². The Labute approximate surface area is 151 Å². The van der Waals surface area contributed by atoms with E-state index in [-0.39, 0.29) is 17.8 Å². The standard InChI is InChI=1S/C17H12BrN3O4/c18-12-4-2-1-3-11(12)15(22)19-17-21-20-16(25-17)10-5-6-13-14(9-10)24-8-7-23-13/h1-6,9H,7-8H2,(H,19,21,22). The van der Waals surface area contributed by atoms with Crippen molar-refractivity contribution in [1.82, 2.24) is 10.2 Å². The first-order valence-electron chi connectivity index (χ1n) is 7.50. The van der Waals surface area contributed by atoms with Gasteiger partial charge in [0.2, 0.25) is 5.89 Å². The number of carbonyl (C=O) groups is 1. The molecule has 1 N–H and O–H groups in total. The summed E-state index contributed by atoms with van der Waals surface area (Å²) >= 11 is 3.33. The van der Waals surface area contributed by atoms with E-state index in [1.807, 2.05) is 6.07 Å². The summed E-state index contributed by atoms with van der Waals surface area (Å²) in [6.07, 6.45) is 0. The molecule has 0 unspecified atom stereocenters. The third-order valence-corrected chi connectivity index (χ3v) is 4.24.